The molecule has 2 aliphatic heterocycles. The number of hydrogen-bond donors (Lipinski definition) is 2. The number of nitrogens with one attached hydrogen (secondary N) is 1. The molecule has 0 aliphatic carbocycles. The zero-order valence-electron chi connectivity index (χ0n) is 13.9. The van der Waals surface area contributed by atoms with Gasteiger partial charge in [-0.1, -0.05) is 17.7 Å². The highest BCUT2D eigenvalue weighted by molar-refractivity contribution is 7.89. The van der Waals surface area contributed by atoms with E-state index in [4.69, 9.17) is 21.5 Å². The van der Waals surface area contributed by atoms with Gasteiger partial charge in [0.1, 0.15) is 4.90 Å². The number of halogens is 5. The fourth-order valence-electron chi connectivity index (χ4n) is 3.09. The largest absolute Gasteiger partial charge is 0.490 e. The molecule has 0 aromatic heterocycles. The number of benzene rings is 1. The fraction of sp³-hybridized carbons (Fsp3) is 0.533. The Morgan fingerprint density at radius 1 is 1.22 bits per heavy atom. The SMILES string of the molecule is O=C(O)C(F)(F)F.O=S(=O)(c1cccc(Cl)c1F)N1CCC12CCNCC2. The van der Waals surface area contributed by atoms with Gasteiger partial charge in [-0.15, -0.1) is 0 Å². The Morgan fingerprint density at radius 2 is 1.78 bits per heavy atom. The number of sulfonamides is 1. The topological polar surface area (TPSA) is 86.7 Å². The molecule has 0 unspecified atom stereocenters. The molecular weight excluding hydrogens is 416 g/mol. The van der Waals surface area contributed by atoms with Crippen LogP contribution in [0.1, 0.15) is 19.3 Å². The number of nitrogens with zero attached hydrogens (tertiary/aromatic N) is 1. The van der Waals surface area contributed by atoms with E-state index in [2.05, 4.69) is 5.32 Å². The van der Waals surface area contributed by atoms with Crippen LogP contribution in [0.5, 0.6) is 0 Å². The Bertz CT molecular complexity index is 811. The number of carboxylic acid groups (broad SMARTS) is 1. The highest BCUT2D eigenvalue weighted by atomic mass is 35.5. The summed E-state index contributed by atoms with van der Waals surface area (Å²) in [6.07, 6.45) is -2.70. The Kier molecular flexibility index (Phi) is 6.40. The lowest BCUT2D eigenvalue weighted by molar-refractivity contribution is -0.192. The number of carbonyl (C=O) groups is 1. The number of rotatable bonds is 2. The molecule has 2 heterocycles. The van der Waals surface area contributed by atoms with Gasteiger partial charge in [-0.25, -0.2) is 17.6 Å². The molecule has 0 bridgehead atoms. The third-order valence-corrected chi connectivity index (χ3v) is 6.88. The minimum absolute atomic E-state index is 0.161. The lowest BCUT2D eigenvalue weighted by Gasteiger charge is -2.53. The molecular formula is C15H17ClF4N2O4S. The first-order valence-electron chi connectivity index (χ1n) is 7.89. The van der Waals surface area contributed by atoms with Gasteiger partial charge in [-0.05, 0) is 44.5 Å². The predicted octanol–water partition coefficient (Wildman–Crippen LogP) is 2.63. The second kappa shape index (κ2) is 7.90. The van der Waals surface area contributed by atoms with Crippen molar-refractivity contribution >= 4 is 27.6 Å². The van der Waals surface area contributed by atoms with Crippen LogP contribution in [0.2, 0.25) is 5.02 Å². The molecule has 2 N–H and O–H groups in total. The molecule has 27 heavy (non-hydrogen) atoms. The van der Waals surface area contributed by atoms with Crippen LogP contribution >= 0.6 is 11.6 Å². The summed E-state index contributed by atoms with van der Waals surface area (Å²) in [5.41, 5.74) is -0.334. The van der Waals surface area contributed by atoms with Crippen LogP contribution in [-0.4, -0.2) is 55.1 Å². The van der Waals surface area contributed by atoms with Gasteiger partial charge in [0.05, 0.1) is 5.02 Å². The van der Waals surface area contributed by atoms with E-state index in [9.17, 15) is 26.0 Å². The molecule has 2 fully saturated rings. The summed E-state index contributed by atoms with van der Waals surface area (Å²) in [6.45, 7) is 2.04. The minimum Gasteiger partial charge on any atom is -0.475 e. The van der Waals surface area contributed by atoms with Gasteiger partial charge in [0.15, 0.2) is 5.82 Å². The van der Waals surface area contributed by atoms with Crippen molar-refractivity contribution in [2.45, 2.75) is 35.9 Å². The van der Waals surface area contributed by atoms with Gasteiger partial charge in [-0.2, -0.15) is 17.5 Å². The van der Waals surface area contributed by atoms with Crippen molar-refractivity contribution in [2.24, 2.45) is 0 Å². The Morgan fingerprint density at radius 3 is 2.22 bits per heavy atom. The predicted molar refractivity (Wildman–Crippen MR) is 88.4 cm³/mol. The molecule has 0 atom stereocenters. The molecule has 6 nitrogen and oxygen atoms in total. The van der Waals surface area contributed by atoms with E-state index in [0.29, 0.717) is 6.54 Å². The van der Waals surface area contributed by atoms with Crippen molar-refractivity contribution in [2.75, 3.05) is 19.6 Å². The van der Waals surface area contributed by atoms with Crippen molar-refractivity contribution in [3.8, 4) is 0 Å². The maximum Gasteiger partial charge on any atom is 0.490 e. The van der Waals surface area contributed by atoms with Gasteiger partial charge in [0.2, 0.25) is 10.0 Å². The quantitative estimate of drug-likeness (QED) is 0.702. The van der Waals surface area contributed by atoms with E-state index in [1.54, 1.807) is 0 Å². The minimum atomic E-state index is -5.08. The molecule has 2 aliphatic rings. The molecule has 12 heteroatoms. The van der Waals surface area contributed by atoms with Crippen LogP contribution in [0.25, 0.3) is 0 Å². The van der Waals surface area contributed by atoms with Crippen molar-refractivity contribution in [1.29, 1.82) is 0 Å². The van der Waals surface area contributed by atoms with Crippen LogP contribution in [-0.2, 0) is 14.8 Å². The number of carboxylic acids is 1. The second-order valence-electron chi connectivity index (χ2n) is 6.16. The van der Waals surface area contributed by atoms with E-state index < -0.39 is 28.0 Å². The summed E-state index contributed by atoms with van der Waals surface area (Å²) < 4.78 is 72.5. The lowest BCUT2D eigenvalue weighted by atomic mass is 9.79. The zero-order chi connectivity index (χ0) is 20.5. The number of hydrogen-bond acceptors (Lipinski definition) is 4. The van der Waals surface area contributed by atoms with Gasteiger partial charge in [0.25, 0.3) is 0 Å². The van der Waals surface area contributed by atoms with E-state index in [1.165, 1.54) is 22.5 Å². The maximum absolute atomic E-state index is 14.0. The van der Waals surface area contributed by atoms with Gasteiger partial charge in [0, 0.05) is 12.1 Å². The van der Waals surface area contributed by atoms with Crippen LogP contribution in [0.4, 0.5) is 17.6 Å². The van der Waals surface area contributed by atoms with Gasteiger partial charge >= 0.3 is 12.1 Å². The van der Waals surface area contributed by atoms with Crippen LogP contribution in [0.15, 0.2) is 23.1 Å². The Balaban J connectivity index is 0.000000321. The third-order valence-electron chi connectivity index (χ3n) is 4.57. The first kappa shape index (κ1) is 21.9. The van der Waals surface area contributed by atoms with Crippen molar-refractivity contribution in [3.05, 3.63) is 29.0 Å². The summed E-state index contributed by atoms with van der Waals surface area (Å²) in [5, 5.41) is 10.2. The highest BCUT2D eigenvalue weighted by Crippen LogP contribution is 2.42. The highest BCUT2D eigenvalue weighted by Gasteiger charge is 2.52. The number of alkyl halides is 3. The summed E-state index contributed by atoms with van der Waals surface area (Å²) >= 11 is 5.70. The third kappa shape index (κ3) is 4.53. The van der Waals surface area contributed by atoms with Crippen LogP contribution < -0.4 is 5.32 Å². The van der Waals surface area contributed by atoms with E-state index in [1.807, 2.05) is 0 Å². The van der Waals surface area contributed by atoms with E-state index in [0.717, 1.165) is 32.4 Å². The molecule has 152 valence electrons. The smallest absolute Gasteiger partial charge is 0.475 e. The molecule has 0 amide bonds. The molecule has 1 aromatic rings. The van der Waals surface area contributed by atoms with Gasteiger partial charge < -0.3 is 10.4 Å². The Hall–Kier alpha value is -1.43. The molecule has 1 aromatic carbocycles. The summed E-state index contributed by atoms with van der Waals surface area (Å²) in [7, 11) is -3.82. The maximum atomic E-state index is 14.0. The molecule has 3 rings (SSSR count). The van der Waals surface area contributed by atoms with E-state index >= 15 is 0 Å². The summed E-state index contributed by atoms with van der Waals surface area (Å²) in [4.78, 5) is 8.58. The second-order valence-corrected chi connectivity index (χ2v) is 8.39. The molecule has 1 spiro atoms. The number of aliphatic carboxylic acids is 1. The monoisotopic (exact) mass is 432 g/mol. The van der Waals surface area contributed by atoms with Crippen molar-refractivity contribution < 1.29 is 35.9 Å². The van der Waals surface area contributed by atoms with Crippen LogP contribution in [0, 0.1) is 5.82 Å². The molecule has 0 saturated carbocycles. The average Bonchev–Trinajstić information content (AvgIpc) is 2.56. The van der Waals surface area contributed by atoms with Crippen molar-refractivity contribution in [1.82, 2.24) is 9.62 Å². The zero-order valence-corrected chi connectivity index (χ0v) is 15.5. The fourth-order valence-corrected chi connectivity index (χ4v) is 5.26. The summed E-state index contributed by atoms with van der Waals surface area (Å²) in [6, 6.07) is 4.10. The average molecular weight is 433 g/mol. The molecule has 0 radical (unpaired) electrons. The Labute approximate surface area is 158 Å². The van der Waals surface area contributed by atoms with Gasteiger partial charge in [-0.3, -0.25) is 0 Å². The molecule has 2 saturated heterocycles. The van der Waals surface area contributed by atoms with Crippen LogP contribution in [0.3, 0.4) is 0 Å². The summed E-state index contributed by atoms with van der Waals surface area (Å²) in [5.74, 6) is -3.61. The van der Waals surface area contributed by atoms with E-state index in [-0.39, 0.29) is 15.5 Å². The lowest BCUT2D eigenvalue weighted by Crippen LogP contribution is -2.65. The first-order chi connectivity index (χ1) is 12.4. The number of piperidine rings is 1. The first-order valence-corrected chi connectivity index (χ1v) is 9.71. The normalized spacial score (nSPS) is 19.7. The van der Waals surface area contributed by atoms with Crippen molar-refractivity contribution in [3.63, 3.8) is 0 Å². The standard InChI is InChI=1S/C13H16ClFN2O2S.C2HF3O2/c14-10-2-1-3-11(12(10)15)20(18,19)17-9-6-13(17)4-7-16-8-5-13;3-2(4,5)1(6)7/h1-3,16H,4-9H2;(H,6,7).